The highest BCUT2D eigenvalue weighted by Crippen LogP contribution is 2.30. The molecule has 0 saturated heterocycles. The van der Waals surface area contributed by atoms with Crippen molar-refractivity contribution in [1.29, 1.82) is 0 Å². The second-order valence-corrected chi connectivity index (χ2v) is 7.35. The molecule has 0 bridgehead atoms. The molecule has 0 fully saturated rings. The van der Waals surface area contributed by atoms with E-state index in [0.717, 1.165) is 5.56 Å². The third-order valence-electron chi connectivity index (χ3n) is 3.09. The van der Waals surface area contributed by atoms with Gasteiger partial charge in [-0.2, -0.15) is 0 Å². The molecule has 2 N–H and O–H groups in total. The SMILES string of the molecule is Cc1cc(Cl)c(S(=O)(=O)NCCc2ccccc2O)c(Cl)c1. The number of nitrogens with one attached hydrogen (secondary N) is 1. The highest BCUT2D eigenvalue weighted by atomic mass is 35.5. The predicted octanol–water partition coefficient (Wildman–Crippen LogP) is 3.53. The van der Waals surface area contributed by atoms with Crippen molar-refractivity contribution >= 4 is 33.2 Å². The van der Waals surface area contributed by atoms with Crippen LogP contribution in [0.1, 0.15) is 11.1 Å². The van der Waals surface area contributed by atoms with E-state index in [1.807, 2.05) is 0 Å². The molecular weight excluding hydrogens is 345 g/mol. The summed E-state index contributed by atoms with van der Waals surface area (Å²) in [4.78, 5) is -0.126. The zero-order valence-corrected chi connectivity index (χ0v) is 14.1. The van der Waals surface area contributed by atoms with Gasteiger partial charge in [0.15, 0.2) is 0 Å². The fourth-order valence-corrected chi connectivity index (χ4v) is 4.41. The van der Waals surface area contributed by atoms with E-state index < -0.39 is 10.0 Å². The smallest absolute Gasteiger partial charge is 0.243 e. The summed E-state index contributed by atoms with van der Waals surface area (Å²) >= 11 is 12.0. The number of halogens is 2. The molecule has 118 valence electrons. The van der Waals surface area contributed by atoms with Crippen LogP contribution < -0.4 is 4.72 Å². The first-order valence-corrected chi connectivity index (χ1v) is 8.77. The molecule has 0 amide bonds. The lowest BCUT2D eigenvalue weighted by molar-refractivity contribution is 0.467. The van der Waals surface area contributed by atoms with Crippen LogP contribution in [0.5, 0.6) is 5.75 Å². The molecule has 0 saturated carbocycles. The normalized spacial score (nSPS) is 11.6. The largest absolute Gasteiger partial charge is 0.508 e. The molecule has 0 spiro atoms. The summed E-state index contributed by atoms with van der Waals surface area (Å²) in [7, 11) is -3.82. The van der Waals surface area contributed by atoms with Crippen molar-refractivity contribution in [3.63, 3.8) is 0 Å². The number of phenolic OH excluding ortho intramolecular Hbond substituents is 1. The number of benzene rings is 2. The van der Waals surface area contributed by atoms with Crippen molar-refractivity contribution in [2.24, 2.45) is 0 Å². The quantitative estimate of drug-likeness (QED) is 0.857. The summed E-state index contributed by atoms with van der Waals surface area (Å²) in [6.45, 7) is 1.90. The molecular formula is C15H15Cl2NO3S. The zero-order chi connectivity index (χ0) is 16.3. The van der Waals surface area contributed by atoms with Crippen molar-refractivity contribution in [3.8, 4) is 5.75 Å². The van der Waals surface area contributed by atoms with Gasteiger partial charge in [-0.05, 0) is 42.7 Å². The van der Waals surface area contributed by atoms with Crippen molar-refractivity contribution in [2.45, 2.75) is 18.2 Å². The first kappa shape index (κ1) is 17.1. The molecule has 0 heterocycles. The van der Waals surface area contributed by atoms with Crippen LogP contribution in [0.3, 0.4) is 0 Å². The van der Waals surface area contributed by atoms with Crippen LogP contribution in [0.15, 0.2) is 41.3 Å². The maximum atomic E-state index is 12.3. The Kier molecular flexibility index (Phi) is 5.34. The van der Waals surface area contributed by atoms with Crippen molar-refractivity contribution in [1.82, 2.24) is 4.72 Å². The van der Waals surface area contributed by atoms with Crippen LogP contribution in [0.25, 0.3) is 0 Å². The number of aryl methyl sites for hydroxylation is 1. The van der Waals surface area contributed by atoms with Gasteiger partial charge in [-0.1, -0.05) is 41.4 Å². The van der Waals surface area contributed by atoms with Gasteiger partial charge in [-0.3, -0.25) is 0 Å². The molecule has 0 aliphatic rings. The lowest BCUT2D eigenvalue weighted by Crippen LogP contribution is -2.26. The monoisotopic (exact) mass is 359 g/mol. The van der Waals surface area contributed by atoms with E-state index >= 15 is 0 Å². The summed E-state index contributed by atoms with van der Waals surface area (Å²) < 4.78 is 27.1. The third kappa shape index (κ3) is 3.93. The molecule has 2 aromatic rings. The van der Waals surface area contributed by atoms with E-state index in [-0.39, 0.29) is 27.2 Å². The van der Waals surface area contributed by atoms with Gasteiger partial charge in [0, 0.05) is 6.54 Å². The van der Waals surface area contributed by atoms with E-state index in [9.17, 15) is 13.5 Å². The minimum Gasteiger partial charge on any atom is -0.508 e. The molecule has 0 aliphatic heterocycles. The molecule has 2 rings (SSSR count). The molecule has 7 heteroatoms. The summed E-state index contributed by atoms with van der Waals surface area (Å²) in [6.07, 6.45) is 0.354. The number of aromatic hydroxyl groups is 1. The molecule has 4 nitrogen and oxygen atoms in total. The zero-order valence-electron chi connectivity index (χ0n) is 11.8. The number of sulfonamides is 1. The Morgan fingerprint density at radius 2 is 1.73 bits per heavy atom. The van der Waals surface area contributed by atoms with E-state index in [1.165, 1.54) is 0 Å². The first-order chi connectivity index (χ1) is 10.3. The third-order valence-corrected chi connectivity index (χ3v) is 5.47. The molecule has 0 unspecified atom stereocenters. The van der Waals surface area contributed by atoms with E-state index in [2.05, 4.69) is 4.72 Å². The number of hydrogen-bond acceptors (Lipinski definition) is 3. The van der Waals surface area contributed by atoms with E-state index in [0.29, 0.717) is 12.0 Å². The van der Waals surface area contributed by atoms with Crippen LogP contribution in [0.2, 0.25) is 10.0 Å². The average molecular weight is 360 g/mol. The molecule has 0 atom stereocenters. The van der Waals surface area contributed by atoms with Crippen LogP contribution >= 0.6 is 23.2 Å². The predicted molar refractivity (Wildman–Crippen MR) is 88.2 cm³/mol. The highest BCUT2D eigenvalue weighted by Gasteiger charge is 2.21. The fourth-order valence-electron chi connectivity index (χ4n) is 2.06. The van der Waals surface area contributed by atoms with Crippen LogP contribution in [-0.4, -0.2) is 20.1 Å². The van der Waals surface area contributed by atoms with Crippen LogP contribution in [0.4, 0.5) is 0 Å². The van der Waals surface area contributed by atoms with Crippen molar-refractivity contribution in [3.05, 3.63) is 57.6 Å². The maximum absolute atomic E-state index is 12.3. The highest BCUT2D eigenvalue weighted by molar-refractivity contribution is 7.89. The Hall–Kier alpha value is -1.27. The lowest BCUT2D eigenvalue weighted by Gasteiger charge is -2.11. The van der Waals surface area contributed by atoms with Crippen molar-refractivity contribution in [2.75, 3.05) is 6.54 Å². The average Bonchev–Trinajstić information content (AvgIpc) is 2.39. The van der Waals surface area contributed by atoms with Gasteiger partial charge in [0.05, 0.1) is 10.0 Å². The number of rotatable bonds is 5. The Morgan fingerprint density at radius 1 is 1.14 bits per heavy atom. The van der Waals surface area contributed by atoms with E-state index in [1.54, 1.807) is 43.3 Å². The van der Waals surface area contributed by atoms with Crippen molar-refractivity contribution < 1.29 is 13.5 Å². The molecule has 2 aromatic carbocycles. The molecule has 0 aromatic heterocycles. The van der Waals surface area contributed by atoms with Gasteiger partial charge < -0.3 is 5.11 Å². The summed E-state index contributed by atoms with van der Waals surface area (Å²) in [5.41, 5.74) is 1.44. The van der Waals surface area contributed by atoms with Crippen LogP contribution in [-0.2, 0) is 16.4 Å². The number of para-hydroxylation sites is 1. The number of phenols is 1. The number of hydrogen-bond donors (Lipinski definition) is 2. The maximum Gasteiger partial charge on any atom is 0.243 e. The van der Waals surface area contributed by atoms with Gasteiger partial charge in [0.1, 0.15) is 10.6 Å². The Labute approximate surface area is 139 Å². The van der Waals surface area contributed by atoms with Gasteiger partial charge in [-0.15, -0.1) is 0 Å². The Morgan fingerprint density at radius 3 is 2.32 bits per heavy atom. The molecule has 0 radical (unpaired) electrons. The first-order valence-electron chi connectivity index (χ1n) is 6.53. The summed E-state index contributed by atoms with van der Waals surface area (Å²) in [5, 5.41) is 9.82. The Bertz CT molecular complexity index is 768. The molecule has 0 aliphatic carbocycles. The Balaban J connectivity index is 2.14. The standard InChI is InChI=1S/C15H15Cl2NO3S/c1-10-8-12(16)15(13(17)9-10)22(20,21)18-7-6-11-4-2-3-5-14(11)19/h2-5,8-9,18-19H,6-7H2,1H3. The van der Waals surface area contributed by atoms with Gasteiger partial charge in [0.25, 0.3) is 0 Å². The van der Waals surface area contributed by atoms with Gasteiger partial charge in [-0.25, -0.2) is 13.1 Å². The van der Waals surface area contributed by atoms with E-state index in [4.69, 9.17) is 23.2 Å². The topological polar surface area (TPSA) is 66.4 Å². The minimum absolute atomic E-state index is 0.0834. The second kappa shape index (κ2) is 6.87. The van der Waals surface area contributed by atoms with Crippen LogP contribution in [0, 0.1) is 6.92 Å². The minimum atomic E-state index is -3.82. The lowest BCUT2D eigenvalue weighted by atomic mass is 10.1. The summed E-state index contributed by atoms with van der Waals surface area (Å²) in [6, 6.07) is 9.86. The van der Waals surface area contributed by atoms with Gasteiger partial charge >= 0.3 is 0 Å². The molecule has 22 heavy (non-hydrogen) atoms. The second-order valence-electron chi connectivity index (χ2n) is 4.83. The van der Waals surface area contributed by atoms with Gasteiger partial charge in [0.2, 0.25) is 10.0 Å². The summed E-state index contributed by atoms with van der Waals surface area (Å²) in [5.74, 6) is 0.132. The fraction of sp³-hybridized carbons (Fsp3) is 0.200.